The number of benzene rings is 1. The van der Waals surface area contributed by atoms with Gasteiger partial charge in [0.15, 0.2) is 0 Å². The largest absolute Gasteiger partial charge is 0.481 e. The van der Waals surface area contributed by atoms with Gasteiger partial charge in [-0.15, -0.1) is 0 Å². The summed E-state index contributed by atoms with van der Waals surface area (Å²) in [6.07, 6.45) is 0. The average Bonchev–Trinajstić information content (AvgIpc) is 2.40. The Balaban J connectivity index is 2.16. The molecule has 0 unspecified atom stereocenters. The summed E-state index contributed by atoms with van der Waals surface area (Å²) in [6, 6.07) is 7.54. The van der Waals surface area contributed by atoms with Crippen LogP contribution in [0.2, 0.25) is 0 Å². The minimum atomic E-state index is -0.163. The van der Waals surface area contributed by atoms with Crippen LogP contribution < -0.4 is 10.1 Å². The molecule has 5 heteroatoms. The monoisotopic (exact) mass is 325 g/mol. The van der Waals surface area contributed by atoms with Crippen molar-refractivity contribution in [3.63, 3.8) is 0 Å². The highest BCUT2D eigenvalue weighted by Gasteiger charge is 1.96. The molecule has 0 aliphatic rings. The number of nitrogens with one attached hydrogen (secondary N) is 1. The van der Waals surface area contributed by atoms with Gasteiger partial charge >= 0.3 is 0 Å². The van der Waals surface area contributed by atoms with Crippen molar-refractivity contribution in [2.75, 3.05) is 26.4 Å². The summed E-state index contributed by atoms with van der Waals surface area (Å²) >= 11 is 3.36. The molecule has 0 radical (unpaired) electrons. The van der Waals surface area contributed by atoms with Gasteiger partial charge in [-0.3, -0.25) is 4.79 Å². The summed E-state index contributed by atoms with van der Waals surface area (Å²) in [5.74, 6) is 6.22. The fourth-order valence-electron chi connectivity index (χ4n) is 1.18. The van der Waals surface area contributed by atoms with E-state index in [4.69, 9.17) is 9.47 Å². The molecule has 0 aromatic heterocycles. The quantitative estimate of drug-likeness (QED) is 0.814. The van der Waals surface area contributed by atoms with Crippen LogP contribution in [-0.4, -0.2) is 32.3 Å². The van der Waals surface area contributed by atoms with Gasteiger partial charge < -0.3 is 14.8 Å². The van der Waals surface area contributed by atoms with Gasteiger partial charge in [0, 0.05) is 11.1 Å². The Labute approximate surface area is 121 Å². The first kappa shape index (κ1) is 15.5. The third-order valence-corrected chi connectivity index (χ3v) is 2.54. The standard InChI is InChI=1S/C14H16BrNO3/c1-2-18-11-14(17)16-8-3-4-9-19-13-7-5-6-12(15)10-13/h5-7,10H,2,8-9,11H2,1H3,(H,16,17). The molecule has 102 valence electrons. The highest BCUT2D eigenvalue weighted by molar-refractivity contribution is 9.10. The number of hydrogen-bond acceptors (Lipinski definition) is 3. The summed E-state index contributed by atoms with van der Waals surface area (Å²) in [5, 5.41) is 2.62. The first-order valence-electron chi connectivity index (χ1n) is 5.91. The molecular weight excluding hydrogens is 310 g/mol. The van der Waals surface area contributed by atoms with Crippen molar-refractivity contribution >= 4 is 21.8 Å². The second-order valence-electron chi connectivity index (χ2n) is 3.51. The lowest BCUT2D eigenvalue weighted by Gasteiger charge is -2.02. The van der Waals surface area contributed by atoms with Crippen molar-refractivity contribution in [1.29, 1.82) is 0 Å². The lowest BCUT2D eigenvalue weighted by molar-refractivity contribution is -0.125. The number of halogens is 1. The van der Waals surface area contributed by atoms with Gasteiger partial charge in [-0.25, -0.2) is 0 Å². The highest BCUT2D eigenvalue weighted by Crippen LogP contribution is 2.17. The number of amides is 1. The molecule has 19 heavy (non-hydrogen) atoms. The van der Waals surface area contributed by atoms with Crippen LogP contribution in [0, 0.1) is 11.8 Å². The summed E-state index contributed by atoms with van der Waals surface area (Å²) in [5.41, 5.74) is 0. The molecule has 0 spiro atoms. The fraction of sp³-hybridized carbons (Fsp3) is 0.357. The molecule has 1 amide bonds. The SMILES string of the molecule is CCOCC(=O)NCC#CCOc1cccc(Br)c1. The number of carbonyl (C=O) groups is 1. The van der Waals surface area contributed by atoms with Crippen LogP contribution in [0.5, 0.6) is 5.75 Å². The third kappa shape index (κ3) is 7.50. The van der Waals surface area contributed by atoms with Crippen LogP contribution in [-0.2, 0) is 9.53 Å². The molecule has 0 aliphatic heterocycles. The average molecular weight is 326 g/mol. The molecule has 0 heterocycles. The molecular formula is C14H16BrNO3. The number of hydrogen-bond donors (Lipinski definition) is 1. The van der Waals surface area contributed by atoms with E-state index < -0.39 is 0 Å². The van der Waals surface area contributed by atoms with E-state index in [0.29, 0.717) is 13.2 Å². The molecule has 0 saturated heterocycles. The lowest BCUT2D eigenvalue weighted by atomic mass is 10.3. The zero-order valence-corrected chi connectivity index (χ0v) is 12.3. The normalized spacial score (nSPS) is 9.37. The second kappa shape index (κ2) is 9.42. The molecule has 1 aromatic carbocycles. The summed E-state index contributed by atoms with van der Waals surface area (Å²) in [7, 11) is 0. The Kier molecular flexibility index (Phi) is 7.71. The van der Waals surface area contributed by atoms with E-state index in [9.17, 15) is 4.79 Å². The van der Waals surface area contributed by atoms with Crippen molar-refractivity contribution in [3.8, 4) is 17.6 Å². The van der Waals surface area contributed by atoms with Crippen molar-refractivity contribution in [3.05, 3.63) is 28.7 Å². The zero-order valence-electron chi connectivity index (χ0n) is 10.7. The van der Waals surface area contributed by atoms with Crippen LogP contribution in [0.25, 0.3) is 0 Å². The predicted molar refractivity (Wildman–Crippen MR) is 76.9 cm³/mol. The third-order valence-electron chi connectivity index (χ3n) is 2.04. The highest BCUT2D eigenvalue weighted by atomic mass is 79.9. The number of carbonyl (C=O) groups excluding carboxylic acids is 1. The summed E-state index contributed by atoms with van der Waals surface area (Å²) < 4.78 is 11.3. The van der Waals surface area contributed by atoms with E-state index in [1.165, 1.54) is 0 Å². The van der Waals surface area contributed by atoms with Crippen LogP contribution in [0.15, 0.2) is 28.7 Å². The Bertz CT molecular complexity index is 465. The van der Waals surface area contributed by atoms with E-state index in [2.05, 4.69) is 33.1 Å². The molecule has 0 atom stereocenters. The van der Waals surface area contributed by atoms with Crippen molar-refractivity contribution in [2.24, 2.45) is 0 Å². The van der Waals surface area contributed by atoms with Gasteiger partial charge in [-0.2, -0.15) is 0 Å². The molecule has 0 fully saturated rings. The molecule has 1 rings (SSSR count). The van der Waals surface area contributed by atoms with E-state index in [-0.39, 0.29) is 19.1 Å². The van der Waals surface area contributed by atoms with Gasteiger partial charge in [-0.1, -0.05) is 33.8 Å². The molecule has 1 N–H and O–H groups in total. The first-order valence-corrected chi connectivity index (χ1v) is 6.70. The van der Waals surface area contributed by atoms with Crippen LogP contribution in [0.3, 0.4) is 0 Å². The van der Waals surface area contributed by atoms with Gasteiger partial charge in [0.2, 0.25) is 5.91 Å². The molecule has 0 aliphatic carbocycles. The molecule has 1 aromatic rings. The maximum Gasteiger partial charge on any atom is 0.246 e. The Morgan fingerprint density at radius 3 is 3.00 bits per heavy atom. The summed E-state index contributed by atoms with van der Waals surface area (Å²) in [6.45, 7) is 3.03. The Morgan fingerprint density at radius 2 is 2.26 bits per heavy atom. The Hall–Kier alpha value is -1.51. The second-order valence-corrected chi connectivity index (χ2v) is 4.43. The van der Waals surface area contributed by atoms with Crippen LogP contribution in [0.1, 0.15) is 6.92 Å². The van der Waals surface area contributed by atoms with E-state index >= 15 is 0 Å². The zero-order chi connectivity index (χ0) is 13.9. The minimum Gasteiger partial charge on any atom is -0.481 e. The van der Waals surface area contributed by atoms with Gasteiger partial charge in [0.25, 0.3) is 0 Å². The van der Waals surface area contributed by atoms with E-state index in [0.717, 1.165) is 10.2 Å². The minimum absolute atomic E-state index is 0.0761. The topological polar surface area (TPSA) is 47.6 Å². The van der Waals surface area contributed by atoms with Gasteiger partial charge in [-0.05, 0) is 25.1 Å². The van der Waals surface area contributed by atoms with Gasteiger partial charge in [0.05, 0.1) is 6.54 Å². The number of ether oxygens (including phenoxy) is 2. The van der Waals surface area contributed by atoms with Crippen molar-refractivity contribution < 1.29 is 14.3 Å². The molecule has 4 nitrogen and oxygen atoms in total. The van der Waals surface area contributed by atoms with Crippen molar-refractivity contribution in [2.45, 2.75) is 6.92 Å². The first-order chi connectivity index (χ1) is 9.22. The van der Waals surface area contributed by atoms with Gasteiger partial charge in [0.1, 0.15) is 19.0 Å². The maximum absolute atomic E-state index is 11.2. The van der Waals surface area contributed by atoms with E-state index in [1.807, 2.05) is 31.2 Å². The summed E-state index contributed by atoms with van der Waals surface area (Å²) in [4.78, 5) is 11.2. The molecule has 0 bridgehead atoms. The van der Waals surface area contributed by atoms with Crippen LogP contribution in [0.4, 0.5) is 0 Å². The van der Waals surface area contributed by atoms with Crippen molar-refractivity contribution in [1.82, 2.24) is 5.32 Å². The Morgan fingerprint density at radius 1 is 1.42 bits per heavy atom. The molecule has 0 saturated carbocycles. The number of rotatable bonds is 6. The maximum atomic E-state index is 11.2. The smallest absolute Gasteiger partial charge is 0.246 e. The fourth-order valence-corrected chi connectivity index (χ4v) is 1.56. The predicted octanol–water partition coefficient (Wildman–Crippen LogP) is 1.98. The van der Waals surface area contributed by atoms with Crippen LogP contribution >= 0.6 is 15.9 Å². The lowest BCUT2D eigenvalue weighted by Crippen LogP contribution is -2.27. The van der Waals surface area contributed by atoms with E-state index in [1.54, 1.807) is 0 Å².